The Bertz CT molecular complexity index is 202. The van der Waals surface area contributed by atoms with Crippen molar-refractivity contribution in [1.29, 1.82) is 0 Å². The van der Waals surface area contributed by atoms with Gasteiger partial charge in [-0.1, -0.05) is 26.8 Å². The van der Waals surface area contributed by atoms with E-state index in [0.29, 0.717) is 11.5 Å². The summed E-state index contributed by atoms with van der Waals surface area (Å²) in [4.78, 5) is 2.49. The van der Waals surface area contributed by atoms with E-state index in [9.17, 15) is 0 Å². The summed E-state index contributed by atoms with van der Waals surface area (Å²) in [6.45, 7) is 13.8. The Balaban J connectivity index is 2.81. The third kappa shape index (κ3) is 2.26. The molecule has 0 aromatic carbocycles. The second-order valence-electron chi connectivity index (χ2n) is 6.08. The highest BCUT2D eigenvalue weighted by atomic mass is 15.2. The summed E-state index contributed by atoms with van der Waals surface area (Å²) in [7, 11) is 0. The van der Waals surface area contributed by atoms with Crippen molar-refractivity contribution in [3.05, 3.63) is 12.3 Å². The molecule has 0 saturated heterocycles. The van der Waals surface area contributed by atoms with Gasteiger partial charge in [-0.15, -0.1) is 0 Å². The van der Waals surface area contributed by atoms with Gasteiger partial charge in [0.25, 0.3) is 0 Å². The summed E-state index contributed by atoms with van der Waals surface area (Å²) in [6.07, 6.45) is 5.75. The number of rotatable bonds is 0. The topological polar surface area (TPSA) is 3.24 Å². The van der Waals surface area contributed by atoms with Crippen LogP contribution in [0.4, 0.5) is 0 Å². The van der Waals surface area contributed by atoms with E-state index < -0.39 is 0 Å². The van der Waals surface area contributed by atoms with Crippen LogP contribution in [-0.2, 0) is 0 Å². The van der Waals surface area contributed by atoms with Gasteiger partial charge in [-0.3, -0.25) is 0 Å². The molecule has 0 N–H and O–H groups in total. The lowest BCUT2D eigenvalue weighted by Crippen LogP contribution is -2.47. The lowest BCUT2D eigenvalue weighted by atomic mass is 9.83. The standard InChI is InChI=1S/C12H23N/c1-11(2,3)10-8-7-9-13(10)12(4,5)6/h7,9-10H,8H2,1-6H3. The van der Waals surface area contributed by atoms with E-state index in [1.54, 1.807) is 0 Å². The second kappa shape index (κ2) is 3.04. The van der Waals surface area contributed by atoms with Crippen molar-refractivity contribution in [1.82, 2.24) is 4.90 Å². The Hall–Kier alpha value is -0.460. The van der Waals surface area contributed by atoms with Gasteiger partial charge in [-0.2, -0.15) is 0 Å². The van der Waals surface area contributed by atoms with Crippen LogP contribution in [0.1, 0.15) is 48.0 Å². The highest BCUT2D eigenvalue weighted by Gasteiger charge is 2.35. The Morgan fingerprint density at radius 3 is 1.92 bits per heavy atom. The molecule has 1 unspecified atom stereocenters. The first-order valence-electron chi connectivity index (χ1n) is 5.18. The second-order valence-corrected chi connectivity index (χ2v) is 6.08. The van der Waals surface area contributed by atoms with E-state index in [2.05, 4.69) is 58.7 Å². The molecule has 0 spiro atoms. The van der Waals surface area contributed by atoms with E-state index in [4.69, 9.17) is 0 Å². The molecule has 76 valence electrons. The lowest BCUT2D eigenvalue weighted by molar-refractivity contribution is 0.0846. The Labute approximate surface area is 82.8 Å². The molecule has 1 atom stereocenters. The Morgan fingerprint density at radius 1 is 1.08 bits per heavy atom. The maximum absolute atomic E-state index is 2.49. The number of hydrogen-bond donors (Lipinski definition) is 0. The van der Waals surface area contributed by atoms with Crippen molar-refractivity contribution in [2.24, 2.45) is 5.41 Å². The zero-order valence-electron chi connectivity index (χ0n) is 9.89. The van der Waals surface area contributed by atoms with Crippen LogP contribution in [0.15, 0.2) is 12.3 Å². The van der Waals surface area contributed by atoms with E-state index in [1.807, 2.05) is 0 Å². The monoisotopic (exact) mass is 181 g/mol. The Morgan fingerprint density at radius 2 is 1.62 bits per heavy atom. The van der Waals surface area contributed by atoms with Gasteiger partial charge in [-0.05, 0) is 38.8 Å². The molecule has 0 fully saturated rings. The minimum absolute atomic E-state index is 0.255. The molecule has 1 rings (SSSR count). The maximum Gasteiger partial charge on any atom is 0.0373 e. The summed E-state index contributed by atoms with van der Waals surface area (Å²) >= 11 is 0. The quantitative estimate of drug-likeness (QED) is 0.553. The SMILES string of the molecule is CC(C)(C)C1CC=CN1C(C)(C)C. The summed E-state index contributed by atoms with van der Waals surface area (Å²) < 4.78 is 0. The zero-order chi connectivity index (χ0) is 10.3. The van der Waals surface area contributed by atoms with Gasteiger partial charge in [0.15, 0.2) is 0 Å². The van der Waals surface area contributed by atoms with Gasteiger partial charge in [0.1, 0.15) is 0 Å². The minimum Gasteiger partial charge on any atom is -0.369 e. The van der Waals surface area contributed by atoms with Crippen molar-refractivity contribution < 1.29 is 0 Å². The average molecular weight is 181 g/mol. The summed E-state index contributed by atoms with van der Waals surface area (Å²) in [5.74, 6) is 0. The molecule has 1 heterocycles. The summed E-state index contributed by atoms with van der Waals surface area (Å²) in [5, 5.41) is 0. The van der Waals surface area contributed by atoms with Crippen LogP contribution in [0, 0.1) is 5.41 Å². The van der Waals surface area contributed by atoms with Crippen LogP contribution in [0.3, 0.4) is 0 Å². The number of nitrogens with zero attached hydrogens (tertiary/aromatic N) is 1. The molecular weight excluding hydrogens is 158 g/mol. The first-order chi connectivity index (χ1) is 5.73. The summed E-state index contributed by atoms with van der Waals surface area (Å²) in [5.41, 5.74) is 0.627. The third-order valence-corrected chi connectivity index (χ3v) is 2.74. The first-order valence-corrected chi connectivity index (χ1v) is 5.18. The molecule has 1 nitrogen and oxygen atoms in total. The number of hydrogen-bond acceptors (Lipinski definition) is 1. The Kier molecular flexibility index (Phi) is 2.48. The predicted molar refractivity (Wildman–Crippen MR) is 58.6 cm³/mol. The van der Waals surface area contributed by atoms with Crippen molar-refractivity contribution in [2.75, 3.05) is 0 Å². The van der Waals surface area contributed by atoms with Gasteiger partial charge in [0.2, 0.25) is 0 Å². The molecule has 1 aliphatic heterocycles. The van der Waals surface area contributed by atoms with Gasteiger partial charge >= 0.3 is 0 Å². The van der Waals surface area contributed by atoms with Crippen LogP contribution >= 0.6 is 0 Å². The summed E-state index contributed by atoms with van der Waals surface area (Å²) in [6, 6.07) is 0.660. The third-order valence-electron chi connectivity index (χ3n) is 2.74. The fraction of sp³-hybridized carbons (Fsp3) is 0.833. The minimum atomic E-state index is 0.255. The molecule has 0 aromatic rings. The van der Waals surface area contributed by atoms with Crippen LogP contribution in [0.5, 0.6) is 0 Å². The van der Waals surface area contributed by atoms with Gasteiger partial charge in [-0.25, -0.2) is 0 Å². The van der Waals surface area contributed by atoms with Gasteiger partial charge in [0, 0.05) is 11.6 Å². The molecule has 0 radical (unpaired) electrons. The van der Waals surface area contributed by atoms with E-state index in [1.165, 1.54) is 6.42 Å². The molecule has 1 aliphatic rings. The molecular formula is C12H23N. The normalized spacial score (nSPS) is 24.2. The van der Waals surface area contributed by atoms with Gasteiger partial charge < -0.3 is 4.90 Å². The molecule has 0 aromatic heterocycles. The molecule has 1 heteroatoms. The fourth-order valence-corrected chi connectivity index (χ4v) is 1.98. The molecule has 0 aliphatic carbocycles. The smallest absolute Gasteiger partial charge is 0.0373 e. The maximum atomic E-state index is 2.49. The fourth-order valence-electron chi connectivity index (χ4n) is 1.98. The van der Waals surface area contributed by atoms with Crippen molar-refractivity contribution in [3.8, 4) is 0 Å². The van der Waals surface area contributed by atoms with Crippen molar-refractivity contribution >= 4 is 0 Å². The largest absolute Gasteiger partial charge is 0.369 e. The first kappa shape index (κ1) is 10.6. The van der Waals surface area contributed by atoms with Crippen LogP contribution in [0.2, 0.25) is 0 Å². The predicted octanol–water partition coefficient (Wildman–Crippen LogP) is 3.42. The van der Waals surface area contributed by atoms with Crippen LogP contribution in [-0.4, -0.2) is 16.5 Å². The van der Waals surface area contributed by atoms with E-state index in [0.717, 1.165) is 0 Å². The molecule has 0 bridgehead atoms. The highest BCUT2D eigenvalue weighted by Crippen LogP contribution is 2.35. The van der Waals surface area contributed by atoms with Gasteiger partial charge in [0.05, 0.1) is 0 Å². The van der Waals surface area contributed by atoms with E-state index in [-0.39, 0.29) is 5.54 Å². The van der Waals surface area contributed by atoms with Crippen molar-refractivity contribution in [3.63, 3.8) is 0 Å². The van der Waals surface area contributed by atoms with E-state index >= 15 is 0 Å². The van der Waals surface area contributed by atoms with Crippen LogP contribution < -0.4 is 0 Å². The highest BCUT2D eigenvalue weighted by molar-refractivity contribution is 5.06. The molecule has 13 heavy (non-hydrogen) atoms. The zero-order valence-corrected chi connectivity index (χ0v) is 9.89. The average Bonchev–Trinajstić information content (AvgIpc) is 2.27. The van der Waals surface area contributed by atoms with Crippen LogP contribution in [0.25, 0.3) is 0 Å². The van der Waals surface area contributed by atoms with Crippen molar-refractivity contribution in [2.45, 2.75) is 59.5 Å². The molecule has 0 saturated carbocycles. The molecule has 0 amide bonds. The lowest BCUT2D eigenvalue weighted by Gasteiger charge is -2.44.